The van der Waals surface area contributed by atoms with Crippen LogP contribution >= 0.6 is 0 Å². The smallest absolute Gasteiger partial charge is 0.331 e. The number of amides is 1. The maximum absolute atomic E-state index is 13.5. The molecule has 0 aliphatic carbocycles. The molecule has 2 heterocycles. The quantitative estimate of drug-likeness (QED) is 0.642. The summed E-state index contributed by atoms with van der Waals surface area (Å²) in [7, 11) is 1.35. The Bertz CT molecular complexity index is 1150. The van der Waals surface area contributed by atoms with Gasteiger partial charge in [-0.3, -0.25) is 4.79 Å². The summed E-state index contributed by atoms with van der Waals surface area (Å²) in [6, 6.07) is 15.9. The van der Waals surface area contributed by atoms with E-state index in [4.69, 9.17) is 4.74 Å². The summed E-state index contributed by atoms with van der Waals surface area (Å²) in [5, 5.41) is 10.5. The van der Waals surface area contributed by atoms with Gasteiger partial charge in [-0.15, -0.1) is 0 Å². The molecular weight excluding hydrogens is 366 g/mol. The fourth-order valence-corrected chi connectivity index (χ4v) is 4.27. The second kappa shape index (κ2) is 7.10. The van der Waals surface area contributed by atoms with Crippen LogP contribution in [-0.2, 0) is 9.53 Å². The van der Waals surface area contributed by atoms with E-state index in [-0.39, 0.29) is 11.6 Å². The summed E-state index contributed by atoms with van der Waals surface area (Å²) < 4.78 is 6.85. The summed E-state index contributed by atoms with van der Waals surface area (Å²) in [5.74, 6) is -0.709. The Labute approximate surface area is 168 Å². The average molecular weight is 387 g/mol. The predicted molar refractivity (Wildman–Crippen MR) is 108 cm³/mol. The highest BCUT2D eigenvalue weighted by Gasteiger charge is 2.46. The molecule has 146 valence electrons. The molecule has 0 spiro atoms. The second-order valence-corrected chi connectivity index (χ2v) is 7.14. The minimum absolute atomic E-state index is 0.245. The maximum atomic E-state index is 13.5. The number of likely N-dealkylation sites (N-methyl/N-ethyl adjacent to an activating group) is 1. The van der Waals surface area contributed by atoms with Crippen LogP contribution in [0.1, 0.15) is 46.2 Å². The van der Waals surface area contributed by atoms with E-state index in [1.165, 1.54) is 7.11 Å². The van der Waals surface area contributed by atoms with Gasteiger partial charge in [0.15, 0.2) is 6.04 Å². The number of benzene rings is 2. The standard InChI is InChI=1S/C23H21N3O3/c1-4-25-19(15-11-9-14(2)10-12-15)21(23(28)29-3)26-18-8-6-5-7-16(18)17(13-24)20(26)22(25)27/h5-12,19,21H,4H2,1-3H3/t19-,21+/m1/s1. The van der Waals surface area contributed by atoms with Crippen molar-refractivity contribution in [2.45, 2.75) is 25.9 Å². The van der Waals surface area contributed by atoms with E-state index in [0.717, 1.165) is 11.1 Å². The van der Waals surface area contributed by atoms with Gasteiger partial charge < -0.3 is 14.2 Å². The van der Waals surface area contributed by atoms with Gasteiger partial charge in [0.1, 0.15) is 11.8 Å². The van der Waals surface area contributed by atoms with Crippen molar-refractivity contribution in [3.63, 3.8) is 0 Å². The molecule has 0 saturated carbocycles. The average Bonchev–Trinajstić information content (AvgIpc) is 3.08. The van der Waals surface area contributed by atoms with Crippen LogP contribution in [0.4, 0.5) is 0 Å². The van der Waals surface area contributed by atoms with E-state index >= 15 is 0 Å². The lowest BCUT2D eigenvalue weighted by molar-refractivity contribution is -0.147. The number of esters is 1. The zero-order valence-corrected chi connectivity index (χ0v) is 16.5. The van der Waals surface area contributed by atoms with Crippen molar-refractivity contribution < 1.29 is 14.3 Å². The molecule has 0 saturated heterocycles. The van der Waals surface area contributed by atoms with Crippen molar-refractivity contribution in [1.82, 2.24) is 9.47 Å². The van der Waals surface area contributed by atoms with E-state index < -0.39 is 18.1 Å². The number of ether oxygens (including phenoxy) is 1. The van der Waals surface area contributed by atoms with Gasteiger partial charge >= 0.3 is 5.97 Å². The first kappa shape index (κ1) is 18.8. The highest BCUT2D eigenvalue weighted by molar-refractivity contribution is 6.06. The third kappa shape index (κ3) is 2.70. The van der Waals surface area contributed by atoms with Crippen LogP contribution in [0.5, 0.6) is 0 Å². The molecule has 4 rings (SSSR count). The largest absolute Gasteiger partial charge is 0.467 e. The van der Waals surface area contributed by atoms with Gasteiger partial charge in [-0.1, -0.05) is 48.0 Å². The van der Waals surface area contributed by atoms with Crippen molar-refractivity contribution in [3.05, 3.63) is 70.9 Å². The zero-order chi connectivity index (χ0) is 20.7. The Kier molecular flexibility index (Phi) is 4.59. The van der Waals surface area contributed by atoms with Crippen molar-refractivity contribution in [2.24, 2.45) is 0 Å². The van der Waals surface area contributed by atoms with Gasteiger partial charge in [0.25, 0.3) is 5.91 Å². The van der Waals surface area contributed by atoms with Crippen LogP contribution < -0.4 is 0 Å². The van der Waals surface area contributed by atoms with Gasteiger partial charge in [-0.05, 0) is 25.5 Å². The van der Waals surface area contributed by atoms with Crippen LogP contribution in [0.25, 0.3) is 10.9 Å². The van der Waals surface area contributed by atoms with E-state index in [1.54, 1.807) is 15.5 Å². The summed E-state index contributed by atoms with van der Waals surface area (Å²) in [5.41, 5.74) is 3.15. The highest BCUT2D eigenvalue weighted by atomic mass is 16.5. The topological polar surface area (TPSA) is 75.3 Å². The Morgan fingerprint density at radius 2 is 1.86 bits per heavy atom. The molecule has 0 radical (unpaired) electrons. The number of fused-ring (bicyclic) bond motifs is 3. The Morgan fingerprint density at radius 3 is 2.48 bits per heavy atom. The molecule has 0 bridgehead atoms. The number of nitriles is 1. The SMILES string of the molecule is CCN1C(=O)c2c(C#N)c3ccccc3n2[C@H](C(=O)OC)[C@H]1c1ccc(C)cc1. The molecule has 1 amide bonds. The third-order valence-corrected chi connectivity index (χ3v) is 5.60. The van der Waals surface area contributed by atoms with Crippen LogP contribution in [0.3, 0.4) is 0 Å². The molecule has 1 aliphatic heterocycles. The summed E-state index contributed by atoms with van der Waals surface area (Å²) in [4.78, 5) is 28.2. The normalized spacial score (nSPS) is 18.4. The molecule has 6 heteroatoms. The molecule has 2 atom stereocenters. The summed E-state index contributed by atoms with van der Waals surface area (Å²) in [6.07, 6.45) is 0. The lowest BCUT2D eigenvalue weighted by atomic mass is 9.93. The highest BCUT2D eigenvalue weighted by Crippen LogP contribution is 2.43. The number of methoxy groups -OCH3 is 1. The molecule has 0 fully saturated rings. The minimum Gasteiger partial charge on any atom is -0.467 e. The van der Waals surface area contributed by atoms with Gasteiger partial charge in [0.05, 0.1) is 24.2 Å². The number of carbonyl (C=O) groups is 2. The molecule has 0 unspecified atom stereocenters. The van der Waals surface area contributed by atoms with Gasteiger partial charge in [-0.2, -0.15) is 5.26 Å². The molecule has 1 aliphatic rings. The minimum atomic E-state index is -0.789. The van der Waals surface area contributed by atoms with Crippen molar-refractivity contribution >= 4 is 22.8 Å². The monoisotopic (exact) mass is 387 g/mol. The van der Waals surface area contributed by atoms with Crippen molar-refractivity contribution in [2.75, 3.05) is 13.7 Å². The Morgan fingerprint density at radius 1 is 1.17 bits per heavy atom. The van der Waals surface area contributed by atoms with Crippen LogP contribution in [0.2, 0.25) is 0 Å². The number of rotatable bonds is 3. The van der Waals surface area contributed by atoms with Crippen molar-refractivity contribution in [3.8, 4) is 6.07 Å². The van der Waals surface area contributed by atoms with Gasteiger partial charge in [0.2, 0.25) is 0 Å². The molecule has 2 aromatic carbocycles. The number of nitrogens with zero attached hydrogens (tertiary/aromatic N) is 3. The molecule has 1 aromatic heterocycles. The van der Waals surface area contributed by atoms with Crippen LogP contribution in [-0.4, -0.2) is 35.0 Å². The first-order valence-corrected chi connectivity index (χ1v) is 9.51. The van der Waals surface area contributed by atoms with Crippen LogP contribution in [0.15, 0.2) is 48.5 Å². The summed E-state index contributed by atoms with van der Waals surface area (Å²) in [6.45, 7) is 4.26. The lowest BCUT2D eigenvalue weighted by Crippen LogP contribution is -2.48. The second-order valence-electron chi connectivity index (χ2n) is 7.14. The maximum Gasteiger partial charge on any atom is 0.331 e. The number of carbonyl (C=O) groups excluding carboxylic acids is 2. The summed E-state index contributed by atoms with van der Waals surface area (Å²) >= 11 is 0. The lowest BCUT2D eigenvalue weighted by Gasteiger charge is -2.41. The Hall–Kier alpha value is -3.59. The van der Waals surface area contributed by atoms with Gasteiger partial charge in [0, 0.05) is 11.9 Å². The molecule has 0 N–H and O–H groups in total. The van der Waals surface area contributed by atoms with E-state index in [1.807, 2.05) is 56.3 Å². The molecule has 3 aromatic rings. The third-order valence-electron chi connectivity index (χ3n) is 5.60. The van der Waals surface area contributed by atoms with Crippen molar-refractivity contribution in [1.29, 1.82) is 5.26 Å². The number of para-hydroxylation sites is 1. The van der Waals surface area contributed by atoms with E-state index in [0.29, 0.717) is 23.0 Å². The fourth-order valence-electron chi connectivity index (χ4n) is 4.27. The first-order valence-electron chi connectivity index (χ1n) is 9.51. The molecule has 29 heavy (non-hydrogen) atoms. The number of hydrogen-bond acceptors (Lipinski definition) is 4. The van der Waals surface area contributed by atoms with E-state index in [9.17, 15) is 14.9 Å². The number of aryl methyl sites for hydroxylation is 1. The fraction of sp³-hybridized carbons (Fsp3) is 0.261. The Balaban J connectivity index is 2.08. The number of hydrogen-bond donors (Lipinski definition) is 0. The van der Waals surface area contributed by atoms with Gasteiger partial charge in [-0.25, -0.2) is 4.79 Å². The molecular formula is C23H21N3O3. The zero-order valence-electron chi connectivity index (χ0n) is 16.5. The molecule has 6 nitrogen and oxygen atoms in total. The van der Waals surface area contributed by atoms with E-state index in [2.05, 4.69) is 6.07 Å². The number of aromatic nitrogens is 1. The predicted octanol–water partition coefficient (Wildman–Crippen LogP) is 3.75. The van der Waals surface area contributed by atoms with Crippen LogP contribution in [0, 0.1) is 18.3 Å². The first-order chi connectivity index (χ1) is 14.0.